The van der Waals surface area contributed by atoms with Gasteiger partial charge in [-0.1, -0.05) is 25.5 Å². The van der Waals surface area contributed by atoms with Crippen molar-refractivity contribution in [2.45, 2.75) is 90.8 Å². The fraction of sp³-hybridized carbons (Fsp3) is 0.826. The average molecular weight is 375 g/mol. The van der Waals surface area contributed by atoms with Gasteiger partial charge in [-0.3, -0.25) is 9.59 Å². The van der Waals surface area contributed by atoms with E-state index in [1.54, 1.807) is 6.92 Å². The molecule has 0 aliphatic heterocycles. The van der Waals surface area contributed by atoms with Crippen LogP contribution in [0.25, 0.3) is 0 Å². The maximum Gasteiger partial charge on any atom is 0.303 e. The maximum absolute atomic E-state index is 12.7. The molecule has 3 fully saturated rings. The molecule has 0 bridgehead atoms. The number of allylic oxidation sites excluding steroid dienone is 1. The molecule has 7 atom stereocenters. The maximum atomic E-state index is 12.7. The smallest absolute Gasteiger partial charge is 0.303 e. The lowest BCUT2D eigenvalue weighted by Gasteiger charge is -2.59. The number of carbonyl (C=O) groups excluding carboxylic acids is 2. The molecule has 4 rings (SSSR count). The van der Waals surface area contributed by atoms with Crippen molar-refractivity contribution in [3.63, 3.8) is 0 Å². The Morgan fingerprint density at radius 3 is 2.44 bits per heavy atom. The molecule has 27 heavy (non-hydrogen) atoms. The third-order valence-electron chi connectivity index (χ3n) is 9.08. The van der Waals surface area contributed by atoms with Gasteiger partial charge in [-0.2, -0.15) is 0 Å². The monoisotopic (exact) mass is 374 g/mol. The first kappa shape index (κ1) is 19.2. The largest absolute Gasteiger partial charge is 0.451 e. The summed E-state index contributed by atoms with van der Waals surface area (Å²) in [5.41, 5.74) is 0.442. The zero-order valence-electron chi connectivity index (χ0n) is 17.2. The third kappa shape index (κ3) is 2.51. The first-order valence-corrected chi connectivity index (χ1v) is 10.7. The van der Waals surface area contributed by atoms with E-state index in [1.807, 2.05) is 0 Å². The molecule has 4 heteroatoms. The Labute approximate surface area is 162 Å². The summed E-state index contributed by atoms with van der Waals surface area (Å²) in [6, 6.07) is 0. The number of hydrogen-bond acceptors (Lipinski definition) is 4. The number of hydrogen-bond donors (Lipinski definition) is 1. The molecular weight excluding hydrogens is 340 g/mol. The van der Waals surface area contributed by atoms with Crippen LogP contribution in [0, 0.1) is 28.6 Å². The van der Waals surface area contributed by atoms with Crippen LogP contribution in [0.2, 0.25) is 0 Å². The van der Waals surface area contributed by atoms with Gasteiger partial charge in [-0.25, -0.2) is 0 Å². The molecule has 0 aromatic heterocycles. The lowest BCUT2D eigenvalue weighted by Crippen LogP contribution is -2.58. The van der Waals surface area contributed by atoms with Crippen molar-refractivity contribution in [2.75, 3.05) is 0 Å². The van der Waals surface area contributed by atoms with Crippen LogP contribution in [-0.4, -0.2) is 28.6 Å². The van der Waals surface area contributed by atoms with Gasteiger partial charge in [0, 0.05) is 12.3 Å². The third-order valence-corrected chi connectivity index (χ3v) is 9.08. The van der Waals surface area contributed by atoms with E-state index in [9.17, 15) is 14.7 Å². The Morgan fingerprint density at radius 2 is 1.78 bits per heavy atom. The molecule has 4 aliphatic rings. The highest BCUT2D eigenvalue weighted by molar-refractivity contribution is 5.89. The zero-order valence-corrected chi connectivity index (χ0v) is 17.2. The first-order chi connectivity index (χ1) is 12.6. The van der Waals surface area contributed by atoms with Crippen molar-refractivity contribution in [1.82, 2.24) is 0 Å². The van der Waals surface area contributed by atoms with E-state index in [0.717, 1.165) is 44.9 Å². The SMILES string of the molecule is CC(=O)O[C@@]1(C(C)=O)CC[C@@H]2[C@H]3CC=C4C[C@@H](O)CC[C@]4(C)[C@@H]3CC[C@@]21C. The number of aliphatic hydroxyl groups excluding tert-OH is 1. The summed E-state index contributed by atoms with van der Waals surface area (Å²) < 4.78 is 5.82. The summed E-state index contributed by atoms with van der Waals surface area (Å²) in [7, 11) is 0. The lowest BCUT2D eigenvalue weighted by molar-refractivity contribution is -0.186. The van der Waals surface area contributed by atoms with Gasteiger partial charge in [0.15, 0.2) is 11.4 Å². The number of ether oxygens (including phenoxy) is 1. The second-order valence-electron chi connectivity index (χ2n) is 10.1. The minimum Gasteiger partial charge on any atom is -0.451 e. The van der Waals surface area contributed by atoms with E-state index in [4.69, 9.17) is 4.74 Å². The zero-order chi connectivity index (χ0) is 19.6. The number of fused-ring (bicyclic) bond motifs is 5. The van der Waals surface area contributed by atoms with Crippen LogP contribution < -0.4 is 0 Å². The quantitative estimate of drug-likeness (QED) is 0.581. The summed E-state index contributed by atoms with van der Waals surface area (Å²) >= 11 is 0. The lowest BCUT2D eigenvalue weighted by atomic mass is 9.46. The standard InChI is InChI=1S/C23H34O4/c1-14(24)23(27-15(2)25)12-9-20-18-6-5-16-13-17(26)7-10-21(16,3)19(18)8-11-22(20,23)4/h5,17-20,26H,6-13H2,1-4H3/t17-,18-,19+,20+,21-,22-,23+/m0/s1. The van der Waals surface area contributed by atoms with Gasteiger partial charge in [0.25, 0.3) is 0 Å². The summed E-state index contributed by atoms with van der Waals surface area (Å²) in [5.74, 6) is 1.25. The van der Waals surface area contributed by atoms with Crippen LogP contribution >= 0.6 is 0 Å². The minimum absolute atomic E-state index is 0.0141. The molecule has 0 saturated heterocycles. The van der Waals surface area contributed by atoms with Crippen LogP contribution in [0.3, 0.4) is 0 Å². The highest BCUT2D eigenvalue weighted by Crippen LogP contribution is 2.68. The first-order valence-electron chi connectivity index (χ1n) is 10.7. The second-order valence-corrected chi connectivity index (χ2v) is 10.1. The number of aliphatic hydroxyl groups is 1. The summed E-state index contributed by atoms with van der Waals surface area (Å²) in [6.07, 6.45) is 9.68. The van der Waals surface area contributed by atoms with Crippen LogP contribution in [0.15, 0.2) is 11.6 Å². The van der Waals surface area contributed by atoms with Crippen molar-refractivity contribution in [3.8, 4) is 0 Å². The fourth-order valence-corrected chi connectivity index (χ4v) is 7.70. The highest BCUT2D eigenvalue weighted by Gasteiger charge is 2.67. The van der Waals surface area contributed by atoms with Crippen LogP contribution in [0.1, 0.15) is 79.1 Å². The molecule has 0 radical (unpaired) electrons. The highest BCUT2D eigenvalue weighted by atomic mass is 16.6. The van der Waals surface area contributed by atoms with Gasteiger partial charge in [-0.05, 0) is 81.5 Å². The predicted octanol–water partition coefficient (Wildman–Crippen LogP) is 4.20. The van der Waals surface area contributed by atoms with Gasteiger partial charge in [0.2, 0.25) is 0 Å². The molecule has 150 valence electrons. The van der Waals surface area contributed by atoms with Gasteiger partial charge in [-0.15, -0.1) is 0 Å². The number of carbonyl (C=O) groups is 2. The fourth-order valence-electron chi connectivity index (χ4n) is 7.70. The summed E-state index contributed by atoms with van der Waals surface area (Å²) in [4.78, 5) is 24.6. The minimum atomic E-state index is -0.942. The molecule has 0 spiro atoms. The topological polar surface area (TPSA) is 63.6 Å². The number of rotatable bonds is 2. The molecular formula is C23H34O4. The van der Waals surface area contributed by atoms with Crippen LogP contribution in [0.5, 0.6) is 0 Å². The molecule has 0 aromatic rings. The van der Waals surface area contributed by atoms with Gasteiger partial charge >= 0.3 is 5.97 Å². The molecule has 4 aliphatic carbocycles. The second kappa shape index (κ2) is 6.17. The van der Waals surface area contributed by atoms with E-state index in [1.165, 1.54) is 12.5 Å². The van der Waals surface area contributed by atoms with Gasteiger partial charge < -0.3 is 9.84 Å². The Morgan fingerprint density at radius 1 is 1.07 bits per heavy atom. The molecule has 3 saturated carbocycles. The average Bonchev–Trinajstić information content (AvgIpc) is 2.89. The van der Waals surface area contributed by atoms with Crippen molar-refractivity contribution in [2.24, 2.45) is 28.6 Å². The Hall–Kier alpha value is -1.16. The Balaban J connectivity index is 1.70. The summed E-state index contributed by atoms with van der Waals surface area (Å²) in [6.45, 7) is 7.64. The van der Waals surface area contributed by atoms with Crippen molar-refractivity contribution < 1.29 is 19.4 Å². The molecule has 0 heterocycles. The molecule has 0 unspecified atom stereocenters. The molecule has 4 nitrogen and oxygen atoms in total. The molecule has 1 N–H and O–H groups in total. The van der Waals surface area contributed by atoms with E-state index < -0.39 is 5.60 Å². The molecule has 0 aromatic carbocycles. The van der Waals surface area contributed by atoms with E-state index in [0.29, 0.717) is 24.2 Å². The number of esters is 1. The normalized spacial score (nSPS) is 48.7. The van der Waals surface area contributed by atoms with E-state index in [-0.39, 0.29) is 28.7 Å². The number of ketones is 1. The van der Waals surface area contributed by atoms with Crippen molar-refractivity contribution in [1.29, 1.82) is 0 Å². The molecule has 0 amide bonds. The van der Waals surface area contributed by atoms with E-state index in [2.05, 4.69) is 19.9 Å². The van der Waals surface area contributed by atoms with E-state index >= 15 is 0 Å². The predicted molar refractivity (Wildman–Crippen MR) is 103 cm³/mol. The van der Waals surface area contributed by atoms with Crippen molar-refractivity contribution >= 4 is 11.8 Å². The Kier molecular flexibility index (Phi) is 4.38. The van der Waals surface area contributed by atoms with Crippen LogP contribution in [0.4, 0.5) is 0 Å². The van der Waals surface area contributed by atoms with Gasteiger partial charge in [0.05, 0.1) is 6.10 Å². The van der Waals surface area contributed by atoms with Crippen molar-refractivity contribution in [3.05, 3.63) is 11.6 Å². The summed E-state index contributed by atoms with van der Waals surface area (Å²) in [5, 5.41) is 10.1. The Bertz CT molecular complexity index is 696. The number of Topliss-reactive ketones (excluding diaryl/α,β-unsaturated/α-hetero) is 1. The van der Waals surface area contributed by atoms with Gasteiger partial charge in [0.1, 0.15) is 0 Å². The van der Waals surface area contributed by atoms with Crippen LogP contribution in [-0.2, 0) is 14.3 Å².